The lowest BCUT2D eigenvalue weighted by Crippen LogP contribution is -2.32. The minimum absolute atomic E-state index is 0.00213. The standard InChI is InChI=1S/C9H12O4/c1-5(9(12)13)7-4-6(10)2-3-8(7)11/h7-8,11H,1-4H2,(H,12,13)/t7?,8-/m1/s1. The van der Waals surface area contributed by atoms with E-state index < -0.39 is 18.0 Å². The summed E-state index contributed by atoms with van der Waals surface area (Å²) in [6.45, 7) is 3.35. The fourth-order valence-electron chi connectivity index (χ4n) is 1.51. The lowest BCUT2D eigenvalue weighted by molar-refractivity contribution is -0.134. The topological polar surface area (TPSA) is 74.6 Å². The number of ketones is 1. The molecular formula is C9H12O4. The van der Waals surface area contributed by atoms with Crippen molar-refractivity contribution in [3.05, 3.63) is 12.2 Å². The number of aliphatic carboxylic acids is 1. The molecule has 0 aromatic carbocycles. The molecule has 1 aliphatic rings. The Morgan fingerprint density at radius 2 is 2.15 bits per heavy atom. The highest BCUT2D eigenvalue weighted by Gasteiger charge is 2.32. The lowest BCUT2D eigenvalue weighted by Gasteiger charge is -2.26. The Labute approximate surface area is 75.9 Å². The maximum Gasteiger partial charge on any atom is 0.331 e. The van der Waals surface area contributed by atoms with Crippen LogP contribution in [0.5, 0.6) is 0 Å². The first kappa shape index (κ1) is 9.92. The van der Waals surface area contributed by atoms with Gasteiger partial charge in [0.15, 0.2) is 0 Å². The summed E-state index contributed by atoms with van der Waals surface area (Å²) in [6, 6.07) is 0. The number of carboxylic acid groups (broad SMARTS) is 1. The summed E-state index contributed by atoms with van der Waals surface area (Å²) < 4.78 is 0. The first-order valence-electron chi connectivity index (χ1n) is 4.14. The Hall–Kier alpha value is -1.16. The summed E-state index contributed by atoms with van der Waals surface area (Å²) in [5, 5.41) is 18.0. The molecule has 1 fully saturated rings. The van der Waals surface area contributed by atoms with Crippen LogP contribution in [0, 0.1) is 5.92 Å². The Morgan fingerprint density at radius 3 is 2.69 bits per heavy atom. The fourth-order valence-corrected chi connectivity index (χ4v) is 1.51. The Morgan fingerprint density at radius 1 is 1.54 bits per heavy atom. The summed E-state index contributed by atoms with van der Waals surface area (Å²) in [7, 11) is 0. The van der Waals surface area contributed by atoms with Crippen molar-refractivity contribution in [3.8, 4) is 0 Å². The van der Waals surface area contributed by atoms with E-state index in [1.807, 2.05) is 0 Å². The average Bonchev–Trinajstić information content (AvgIpc) is 2.08. The molecule has 0 aliphatic heterocycles. The largest absolute Gasteiger partial charge is 0.478 e. The lowest BCUT2D eigenvalue weighted by atomic mass is 9.81. The number of aliphatic hydroxyl groups is 1. The third kappa shape index (κ3) is 2.15. The van der Waals surface area contributed by atoms with Crippen molar-refractivity contribution in [2.75, 3.05) is 0 Å². The van der Waals surface area contributed by atoms with Gasteiger partial charge in [0.1, 0.15) is 5.78 Å². The molecule has 4 nitrogen and oxygen atoms in total. The van der Waals surface area contributed by atoms with Crippen LogP contribution in [0.25, 0.3) is 0 Å². The smallest absolute Gasteiger partial charge is 0.331 e. The van der Waals surface area contributed by atoms with E-state index in [9.17, 15) is 14.7 Å². The van der Waals surface area contributed by atoms with Gasteiger partial charge in [-0.25, -0.2) is 4.79 Å². The molecule has 13 heavy (non-hydrogen) atoms. The zero-order valence-corrected chi connectivity index (χ0v) is 7.19. The summed E-state index contributed by atoms with van der Waals surface area (Å²) in [5.41, 5.74) is -0.0689. The molecule has 0 amide bonds. The molecule has 1 saturated carbocycles. The van der Waals surface area contributed by atoms with Gasteiger partial charge in [-0.2, -0.15) is 0 Å². The van der Waals surface area contributed by atoms with Crippen LogP contribution in [-0.4, -0.2) is 28.1 Å². The van der Waals surface area contributed by atoms with Crippen LogP contribution < -0.4 is 0 Å². The van der Waals surface area contributed by atoms with Gasteiger partial charge in [0.05, 0.1) is 6.10 Å². The molecule has 1 unspecified atom stereocenters. The van der Waals surface area contributed by atoms with Crippen LogP contribution >= 0.6 is 0 Å². The molecule has 0 heterocycles. The van der Waals surface area contributed by atoms with Crippen LogP contribution in [0.15, 0.2) is 12.2 Å². The maximum atomic E-state index is 11.0. The monoisotopic (exact) mass is 184 g/mol. The molecule has 0 radical (unpaired) electrons. The summed E-state index contributed by atoms with van der Waals surface area (Å²) in [6.07, 6.45) is 0.0495. The zero-order chi connectivity index (χ0) is 10.0. The molecule has 1 aliphatic carbocycles. The summed E-state index contributed by atoms with van der Waals surface area (Å²) >= 11 is 0. The summed E-state index contributed by atoms with van der Waals surface area (Å²) in [4.78, 5) is 21.5. The van der Waals surface area contributed by atoms with E-state index in [2.05, 4.69) is 6.58 Å². The number of carboxylic acids is 1. The van der Waals surface area contributed by atoms with Crippen molar-refractivity contribution >= 4 is 11.8 Å². The summed E-state index contributed by atoms with van der Waals surface area (Å²) in [5.74, 6) is -1.74. The van der Waals surface area contributed by atoms with Crippen LogP contribution in [0.3, 0.4) is 0 Å². The number of aliphatic hydroxyl groups excluding tert-OH is 1. The van der Waals surface area contributed by atoms with Crippen LogP contribution in [0.1, 0.15) is 19.3 Å². The molecule has 1 rings (SSSR count). The highest BCUT2D eigenvalue weighted by Crippen LogP contribution is 2.27. The van der Waals surface area contributed by atoms with E-state index in [1.165, 1.54) is 0 Å². The van der Waals surface area contributed by atoms with Crippen molar-refractivity contribution in [1.29, 1.82) is 0 Å². The normalized spacial score (nSPS) is 28.5. The van der Waals surface area contributed by atoms with Crippen molar-refractivity contribution in [3.63, 3.8) is 0 Å². The van der Waals surface area contributed by atoms with E-state index in [0.717, 1.165) is 0 Å². The first-order chi connectivity index (χ1) is 6.02. The SMILES string of the molecule is C=C(C(=O)O)C1CC(=O)CC[C@H]1O. The van der Waals surface area contributed by atoms with Crippen molar-refractivity contribution < 1.29 is 19.8 Å². The Balaban J connectivity index is 2.71. The van der Waals surface area contributed by atoms with Crippen molar-refractivity contribution in [2.24, 2.45) is 5.92 Å². The van der Waals surface area contributed by atoms with Gasteiger partial charge in [-0.15, -0.1) is 0 Å². The van der Waals surface area contributed by atoms with E-state index in [-0.39, 0.29) is 17.8 Å². The molecule has 72 valence electrons. The average molecular weight is 184 g/mol. The molecule has 0 aromatic rings. The van der Waals surface area contributed by atoms with Crippen LogP contribution in [0.4, 0.5) is 0 Å². The van der Waals surface area contributed by atoms with E-state index in [1.54, 1.807) is 0 Å². The fraction of sp³-hybridized carbons (Fsp3) is 0.556. The third-order valence-electron chi connectivity index (χ3n) is 2.35. The number of hydrogen-bond donors (Lipinski definition) is 2. The predicted molar refractivity (Wildman–Crippen MR) is 45.1 cm³/mol. The third-order valence-corrected chi connectivity index (χ3v) is 2.35. The van der Waals surface area contributed by atoms with Crippen LogP contribution in [-0.2, 0) is 9.59 Å². The number of carbonyl (C=O) groups is 2. The minimum atomic E-state index is -1.14. The second-order valence-corrected chi connectivity index (χ2v) is 3.29. The quantitative estimate of drug-likeness (QED) is 0.607. The molecule has 0 aromatic heterocycles. The number of rotatable bonds is 2. The number of carbonyl (C=O) groups excluding carboxylic acids is 1. The maximum absolute atomic E-state index is 11.0. The zero-order valence-electron chi connectivity index (χ0n) is 7.19. The molecule has 2 atom stereocenters. The second kappa shape index (κ2) is 3.70. The predicted octanol–water partition coefficient (Wildman–Crippen LogP) is 0.357. The Kier molecular flexibility index (Phi) is 2.83. The first-order valence-corrected chi connectivity index (χ1v) is 4.14. The van der Waals surface area contributed by atoms with Crippen LogP contribution in [0.2, 0.25) is 0 Å². The molecule has 0 saturated heterocycles. The van der Waals surface area contributed by atoms with Gasteiger partial charge in [0.2, 0.25) is 0 Å². The minimum Gasteiger partial charge on any atom is -0.478 e. The van der Waals surface area contributed by atoms with Gasteiger partial charge in [-0.05, 0) is 6.42 Å². The molecule has 2 N–H and O–H groups in total. The highest BCUT2D eigenvalue weighted by molar-refractivity contribution is 5.89. The van der Waals surface area contributed by atoms with Gasteiger partial charge in [0.25, 0.3) is 0 Å². The van der Waals surface area contributed by atoms with E-state index >= 15 is 0 Å². The second-order valence-electron chi connectivity index (χ2n) is 3.29. The van der Waals surface area contributed by atoms with Crippen molar-refractivity contribution in [2.45, 2.75) is 25.4 Å². The van der Waals surface area contributed by atoms with E-state index in [4.69, 9.17) is 5.11 Å². The molecule has 4 heteroatoms. The number of Topliss-reactive ketones (excluding diaryl/α,β-unsaturated/α-hetero) is 1. The highest BCUT2D eigenvalue weighted by atomic mass is 16.4. The number of hydrogen-bond acceptors (Lipinski definition) is 3. The van der Waals surface area contributed by atoms with Gasteiger partial charge < -0.3 is 10.2 Å². The van der Waals surface area contributed by atoms with Gasteiger partial charge in [0, 0.05) is 24.3 Å². The molecule has 0 bridgehead atoms. The van der Waals surface area contributed by atoms with Gasteiger partial charge in [-0.1, -0.05) is 6.58 Å². The van der Waals surface area contributed by atoms with Gasteiger partial charge >= 0.3 is 5.97 Å². The van der Waals surface area contributed by atoms with E-state index in [0.29, 0.717) is 12.8 Å². The molecular weight excluding hydrogens is 172 g/mol. The Bertz CT molecular complexity index is 256. The molecule has 0 spiro atoms. The van der Waals surface area contributed by atoms with Gasteiger partial charge in [-0.3, -0.25) is 4.79 Å². The van der Waals surface area contributed by atoms with Crippen molar-refractivity contribution in [1.82, 2.24) is 0 Å².